The fourth-order valence-electron chi connectivity index (χ4n) is 3.02. The van der Waals surface area contributed by atoms with Gasteiger partial charge in [-0.1, -0.05) is 12.1 Å². The summed E-state index contributed by atoms with van der Waals surface area (Å²) in [5, 5.41) is 1.85. The second kappa shape index (κ2) is 5.94. The zero-order chi connectivity index (χ0) is 15.8. The van der Waals surface area contributed by atoms with Crippen LogP contribution < -0.4 is 5.73 Å². The molecular weight excluding hydrogens is 312 g/mol. The Hall–Kier alpha value is -1.92. The van der Waals surface area contributed by atoms with Crippen molar-refractivity contribution in [3.05, 3.63) is 47.2 Å². The SMILES string of the molecule is Nc1ccc(C2=CSC3C(=O)C=C(N4CCOCC4)OC23)cc1. The summed E-state index contributed by atoms with van der Waals surface area (Å²) in [5.41, 5.74) is 8.59. The number of ether oxygens (including phenoxy) is 2. The van der Waals surface area contributed by atoms with E-state index >= 15 is 0 Å². The molecule has 3 aliphatic rings. The largest absolute Gasteiger partial charge is 0.469 e. The van der Waals surface area contributed by atoms with E-state index in [2.05, 4.69) is 4.90 Å². The summed E-state index contributed by atoms with van der Waals surface area (Å²) >= 11 is 1.53. The number of carbonyl (C=O) groups excluding carboxylic acids is 1. The first-order valence-electron chi connectivity index (χ1n) is 7.69. The number of hydrogen-bond acceptors (Lipinski definition) is 6. The zero-order valence-electron chi connectivity index (χ0n) is 12.6. The quantitative estimate of drug-likeness (QED) is 0.835. The number of fused-ring (bicyclic) bond motifs is 1. The van der Waals surface area contributed by atoms with Gasteiger partial charge in [-0.2, -0.15) is 0 Å². The topological polar surface area (TPSA) is 64.8 Å². The van der Waals surface area contributed by atoms with Gasteiger partial charge in [0, 0.05) is 30.4 Å². The van der Waals surface area contributed by atoms with Gasteiger partial charge in [0.2, 0.25) is 0 Å². The zero-order valence-corrected chi connectivity index (χ0v) is 13.4. The molecule has 0 spiro atoms. The Morgan fingerprint density at radius 3 is 2.65 bits per heavy atom. The molecule has 23 heavy (non-hydrogen) atoms. The van der Waals surface area contributed by atoms with Crippen LogP contribution in [0.1, 0.15) is 5.56 Å². The number of rotatable bonds is 2. The van der Waals surface area contributed by atoms with E-state index < -0.39 is 0 Å². The molecule has 0 bridgehead atoms. The highest BCUT2D eigenvalue weighted by molar-refractivity contribution is 8.04. The first-order valence-corrected chi connectivity index (χ1v) is 8.63. The second-order valence-corrected chi connectivity index (χ2v) is 6.79. The maximum atomic E-state index is 12.5. The van der Waals surface area contributed by atoms with Crippen molar-refractivity contribution < 1.29 is 14.3 Å². The van der Waals surface area contributed by atoms with Crippen LogP contribution in [-0.4, -0.2) is 48.3 Å². The van der Waals surface area contributed by atoms with Crippen LogP contribution in [0.15, 0.2) is 41.6 Å². The molecule has 1 saturated heterocycles. The summed E-state index contributed by atoms with van der Waals surface area (Å²) in [6.07, 6.45) is 1.40. The molecule has 6 heteroatoms. The van der Waals surface area contributed by atoms with Crippen molar-refractivity contribution in [2.45, 2.75) is 11.4 Å². The van der Waals surface area contributed by atoms with Crippen LogP contribution in [0.4, 0.5) is 5.69 Å². The van der Waals surface area contributed by atoms with E-state index in [1.54, 1.807) is 6.08 Å². The highest BCUT2D eigenvalue weighted by Gasteiger charge is 2.41. The van der Waals surface area contributed by atoms with Gasteiger partial charge in [-0.3, -0.25) is 4.79 Å². The summed E-state index contributed by atoms with van der Waals surface area (Å²) in [5.74, 6) is 0.790. The molecule has 2 unspecified atom stereocenters. The lowest BCUT2D eigenvalue weighted by atomic mass is 9.96. The van der Waals surface area contributed by atoms with Gasteiger partial charge >= 0.3 is 0 Å². The minimum absolute atomic E-state index is 0.120. The predicted octanol–water partition coefficient (Wildman–Crippen LogP) is 1.87. The highest BCUT2D eigenvalue weighted by Crippen LogP contribution is 2.42. The van der Waals surface area contributed by atoms with Crippen molar-refractivity contribution in [2.24, 2.45) is 0 Å². The molecule has 2 atom stereocenters. The molecular formula is C17H18N2O3S. The number of nitrogen functional groups attached to an aromatic ring is 1. The minimum Gasteiger partial charge on any atom is -0.469 e. The van der Waals surface area contributed by atoms with Crippen LogP contribution in [0.25, 0.3) is 5.57 Å². The molecule has 1 aromatic rings. The Bertz CT molecular complexity index is 678. The Kier molecular flexibility index (Phi) is 3.79. The Morgan fingerprint density at radius 2 is 1.91 bits per heavy atom. The smallest absolute Gasteiger partial charge is 0.193 e. The van der Waals surface area contributed by atoms with Crippen molar-refractivity contribution in [2.75, 3.05) is 32.0 Å². The average Bonchev–Trinajstić information content (AvgIpc) is 3.01. The van der Waals surface area contributed by atoms with E-state index in [4.69, 9.17) is 15.2 Å². The third-order valence-corrected chi connectivity index (χ3v) is 5.45. The van der Waals surface area contributed by atoms with Gasteiger partial charge in [-0.25, -0.2) is 0 Å². The molecule has 120 valence electrons. The maximum Gasteiger partial charge on any atom is 0.193 e. The van der Waals surface area contributed by atoms with Gasteiger partial charge in [0.15, 0.2) is 11.7 Å². The monoisotopic (exact) mass is 330 g/mol. The van der Waals surface area contributed by atoms with Crippen LogP contribution in [0.2, 0.25) is 0 Å². The lowest BCUT2D eigenvalue weighted by molar-refractivity contribution is -0.118. The van der Waals surface area contributed by atoms with E-state index in [1.165, 1.54) is 11.8 Å². The molecule has 3 aliphatic heterocycles. The molecule has 0 saturated carbocycles. The van der Waals surface area contributed by atoms with Crippen molar-refractivity contribution in [1.29, 1.82) is 0 Å². The minimum atomic E-state index is -0.237. The Balaban J connectivity index is 1.59. The van der Waals surface area contributed by atoms with Gasteiger partial charge < -0.3 is 20.1 Å². The molecule has 2 N–H and O–H groups in total. The molecule has 3 heterocycles. The first kappa shape index (κ1) is 14.7. The molecule has 1 fully saturated rings. The number of allylic oxidation sites excluding steroid dienone is 1. The molecule has 0 amide bonds. The fraction of sp³-hybridized carbons (Fsp3) is 0.353. The summed E-state index contributed by atoms with van der Waals surface area (Å²) in [6.45, 7) is 2.84. The third kappa shape index (κ3) is 2.72. The van der Waals surface area contributed by atoms with Crippen LogP contribution >= 0.6 is 11.8 Å². The van der Waals surface area contributed by atoms with Crippen LogP contribution in [0, 0.1) is 0 Å². The van der Waals surface area contributed by atoms with Crippen LogP contribution in [0.3, 0.4) is 0 Å². The number of carbonyl (C=O) groups is 1. The van der Waals surface area contributed by atoms with Gasteiger partial charge in [-0.15, -0.1) is 11.8 Å². The average molecular weight is 330 g/mol. The molecule has 0 aliphatic carbocycles. The van der Waals surface area contributed by atoms with Crippen LogP contribution in [-0.2, 0) is 14.3 Å². The maximum absolute atomic E-state index is 12.5. The number of morpholine rings is 1. The van der Waals surface area contributed by atoms with Gasteiger partial charge in [0.05, 0.1) is 13.2 Å². The number of thioether (sulfide) groups is 1. The number of nitrogens with zero attached hydrogens (tertiary/aromatic N) is 1. The van der Waals surface area contributed by atoms with Crippen LogP contribution in [0.5, 0.6) is 0 Å². The van der Waals surface area contributed by atoms with E-state index in [-0.39, 0.29) is 17.1 Å². The van der Waals surface area contributed by atoms with E-state index in [9.17, 15) is 4.79 Å². The number of benzene rings is 1. The molecule has 0 radical (unpaired) electrons. The Labute approximate surface area is 139 Å². The molecule has 5 nitrogen and oxygen atoms in total. The summed E-state index contributed by atoms with van der Waals surface area (Å²) in [7, 11) is 0. The second-order valence-electron chi connectivity index (χ2n) is 5.77. The number of hydrogen-bond donors (Lipinski definition) is 1. The van der Waals surface area contributed by atoms with Crippen molar-refractivity contribution in [3.63, 3.8) is 0 Å². The summed E-state index contributed by atoms with van der Waals surface area (Å²) in [4.78, 5) is 14.6. The number of nitrogens with two attached hydrogens (primary N) is 1. The van der Waals surface area contributed by atoms with E-state index in [0.29, 0.717) is 19.1 Å². The number of anilines is 1. The third-order valence-electron chi connectivity index (χ3n) is 4.28. The fourth-order valence-corrected chi connectivity index (χ4v) is 4.13. The lowest BCUT2D eigenvalue weighted by Gasteiger charge is -2.36. The van der Waals surface area contributed by atoms with E-state index in [0.717, 1.165) is 29.9 Å². The molecule has 1 aromatic carbocycles. The Morgan fingerprint density at radius 1 is 1.17 bits per heavy atom. The summed E-state index contributed by atoms with van der Waals surface area (Å²) in [6, 6.07) is 7.70. The highest BCUT2D eigenvalue weighted by atomic mass is 32.2. The van der Waals surface area contributed by atoms with E-state index in [1.807, 2.05) is 29.7 Å². The molecule has 0 aromatic heterocycles. The van der Waals surface area contributed by atoms with Gasteiger partial charge in [0.25, 0.3) is 0 Å². The first-order chi connectivity index (χ1) is 11.2. The van der Waals surface area contributed by atoms with Crippen molar-refractivity contribution >= 4 is 28.8 Å². The normalized spacial score (nSPS) is 27.1. The summed E-state index contributed by atoms with van der Waals surface area (Å²) < 4.78 is 11.6. The standard InChI is InChI=1S/C17H18N2O3S/c18-12-3-1-11(2-4-12)13-10-23-17-14(20)9-15(22-16(13)17)19-5-7-21-8-6-19/h1-4,9-10,16-17H,5-8,18H2. The van der Waals surface area contributed by atoms with Crippen molar-refractivity contribution in [3.8, 4) is 0 Å². The van der Waals surface area contributed by atoms with Gasteiger partial charge in [0.1, 0.15) is 11.4 Å². The van der Waals surface area contributed by atoms with Gasteiger partial charge in [-0.05, 0) is 23.1 Å². The molecule has 4 rings (SSSR count). The number of ketones is 1. The predicted molar refractivity (Wildman–Crippen MR) is 90.6 cm³/mol. The van der Waals surface area contributed by atoms with Crippen molar-refractivity contribution in [1.82, 2.24) is 4.90 Å². The lowest BCUT2D eigenvalue weighted by Crippen LogP contribution is -2.43.